The fourth-order valence-corrected chi connectivity index (χ4v) is 3.90. The van der Waals surface area contributed by atoms with Crippen LogP contribution in [0.3, 0.4) is 0 Å². The van der Waals surface area contributed by atoms with E-state index in [0.29, 0.717) is 31.6 Å². The van der Waals surface area contributed by atoms with Crippen LogP contribution in [-0.2, 0) is 19.4 Å². The molecule has 0 radical (unpaired) electrons. The summed E-state index contributed by atoms with van der Waals surface area (Å²) >= 11 is 5.89. The Hall–Kier alpha value is -1.86. The number of carbonyl (C=O) groups is 2. The number of hydrogen-bond acceptors (Lipinski definition) is 4. The van der Waals surface area contributed by atoms with Gasteiger partial charge < -0.3 is 10.2 Å². The van der Waals surface area contributed by atoms with E-state index < -0.39 is 9.84 Å². The molecule has 0 atom stereocenters. The molecule has 24 heavy (non-hydrogen) atoms. The molecule has 0 aromatic heterocycles. The topological polar surface area (TPSA) is 83.6 Å². The number of hydrogen-bond donors (Lipinski definition) is 1. The second-order valence-corrected chi connectivity index (χ2v) is 8.10. The summed E-state index contributed by atoms with van der Waals surface area (Å²) in [5, 5.41) is 2.84. The Kier molecular flexibility index (Phi) is 5.66. The van der Waals surface area contributed by atoms with Crippen LogP contribution in [0.1, 0.15) is 12.8 Å². The standard InChI is InChI=1S/C16H19ClN2O4S/c1-3-15(20)19-8-6-11(7-9-19)16(21)18-12-4-5-13(17)14(10-12)24(2,22)23/h3-5,10-11H,1,6-9H2,2H3,(H,18,21). The molecule has 0 spiro atoms. The average molecular weight is 371 g/mol. The highest BCUT2D eigenvalue weighted by molar-refractivity contribution is 7.90. The van der Waals surface area contributed by atoms with Crippen LogP contribution in [-0.4, -0.2) is 44.5 Å². The van der Waals surface area contributed by atoms with Gasteiger partial charge in [0.05, 0.1) is 9.92 Å². The number of rotatable bonds is 4. The van der Waals surface area contributed by atoms with E-state index in [1.807, 2.05) is 0 Å². The first-order valence-electron chi connectivity index (χ1n) is 7.44. The second kappa shape index (κ2) is 7.36. The van der Waals surface area contributed by atoms with Crippen LogP contribution < -0.4 is 5.32 Å². The molecular formula is C16H19ClN2O4S. The van der Waals surface area contributed by atoms with Crippen molar-refractivity contribution in [3.8, 4) is 0 Å². The molecule has 1 saturated heterocycles. The number of carbonyl (C=O) groups excluding carboxylic acids is 2. The average Bonchev–Trinajstić information content (AvgIpc) is 2.55. The maximum absolute atomic E-state index is 12.3. The highest BCUT2D eigenvalue weighted by Gasteiger charge is 2.26. The van der Waals surface area contributed by atoms with Crippen molar-refractivity contribution in [3.63, 3.8) is 0 Å². The molecular weight excluding hydrogens is 352 g/mol. The summed E-state index contributed by atoms with van der Waals surface area (Å²) in [5.74, 6) is -0.553. The molecule has 1 heterocycles. The molecule has 0 bridgehead atoms. The van der Waals surface area contributed by atoms with E-state index in [9.17, 15) is 18.0 Å². The van der Waals surface area contributed by atoms with E-state index in [1.54, 1.807) is 11.0 Å². The van der Waals surface area contributed by atoms with Crippen LogP contribution in [0.2, 0.25) is 5.02 Å². The summed E-state index contributed by atoms with van der Waals surface area (Å²) in [7, 11) is -3.47. The molecule has 6 nitrogen and oxygen atoms in total. The molecule has 1 aromatic carbocycles. The third kappa shape index (κ3) is 4.36. The van der Waals surface area contributed by atoms with Crippen LogP contribution in [0.5, 0.6) is 0 Å². The van der Waals surface area contributed by atoms with Crippen molar-refractivity contribution in [1.82, 2.24) is 4.90 Å². The summed E-state index contributed by atoms with van der Waals surface area (Å²) in [6, 6.07) is 4.36. The van der Waals surface area contributed by atoms with Gasteiger partial charge in [-0.1, -0.05) is 18.2 Å². The number of halogens is 1. The van der Waals surface area contributed by atoms with Gasteiger partial charge in [0, 0.05) is 31.0 Å². The van der Waals surface area contributed by atoms with Crippen molar-refractivity contribution in [3.05, 3.63) is 35.9 Å². The zero-order chi connectivity index (χ0) is 17.9. The highest BCUT2D eigenvalue weighted by Crippen LogP contribution is 2.26. The Morgan fingerprint density at radius 1 is 1.33 bits per heavy atom. The van der Waals surface area contributed by atoms with Crippen LogP contribution in [0.4, 0.5) is 5.69 Å². The lowest BCUT2D eigenvalue weighted by molar-refractivity contribution is -0.130. The number of amides is 2. The first-order chi connectivity index (χ1) is 11.2. The molecule has 2 rings (SSSR count). The number of piperidine rings is 1. The van der Waals surface area contributed by atoms with E-state index in [4.69, 9.17) is 11.6 Å². The van der Waals surface area contributed by atoms with E-state index in [0.717, 1.165) is 6.26 Å². The zero-order valence-corrected chi connectivity index (χ0v) is 14.9. The van der Waals surface area contributed by atoms with Gasteiger partial charge in [-0.2, -0.15) is 0 Å². The third-order valence-corrected chi connectivity index (χ3v) is 5.53. The molecule has 0 unspecified atom stereocenters. The van der Waals surface area contributed by atoms with Gasteiger partial charge in [-0.25, -0.2) is 8.42 Å². The molecule has 0 aliphatic carbocycles. The van der Waals surface area contributed by atoms with E-state index in [1.165, 1.54) is 18.2 Å². The fraction of sp³-hybridized carbons (Fsp3) is 0.375. The minimum Gasteiger partial charge on any atom is -0.339 e. The summed E-state index contributed by atoms with van der Waals surface area (Å²) in [6.07, 6.45) is 3.43. The van der Waals surface area contributed by atoms with Gasteiger partial charge in [-0.15, -0.1) is 0 Å². The Bertz CT molecular complexity index is 768. The van der Waals surface area contributed by atoms with Crippen LogP contribution in [0, 0.1) is 5.92 Å². The quantitative estimate of drug-likeness (QED) is 0.823. The van der Waals surface area contributed by atoms with Gasteiger partial charge in [0.2, 0.25) is 11.8 Å². The van der Waals surface area contributed by atoms with Crippen LogP contribution >= 0.6 is 11.6 Å². The van der Waals surface area contributed by atoms with Gasteiger partial charge in [-0.05, 0) is 37.1 Å². The van der Waals surface area contributed by atoms with Crippen LogP contribution in [0.15, 0.2) is 35.7 Å². The Morgan fingerprint density at radius 2 is 1.96 bits per heavy atom. The Labute approximate surface area is 146 Å². The number of benzene rings is 1. The van der Waals surface area contributed by atoms with Crippen molar-refractivity contribution in [2.75, 3.05) is 24.7 Å². The van der Waals surface area contributed by atoms with Gasteiger partial charge in [-0.3, -0.25) is 9.59 Å². The lowest BCUT2D eigenvalue weighted by atomic mass is 9.95. The second-order valence-electron chi connectivity index (χ2n) is 5.71. The number of anilines is 1. The van der Waals surface area contributed by atoms with Crippen molar-refractivity contribution < 1.29 is 18.0 Å². The van der Waals surface area contributed by atoms with Gasteiger partial charge in [0.25, 0.3) is 0 Å². The van der Waals surface area contributed by atoms with Crippen molar-refractivity contribution in [2.45, 2.75) is 17.7 Å². The zero-order valence-electron chi connectivity index (χ0n) is 13.3. The lowest BCUT2D eigenvalue weighted by Gasteiger charge is -2.30. The Morgan fingerprint density at radius 3 is 2.50 bits per heavy atom. The molecule has 0 saturated carbocycles. The molecule has 1 aliphatic heterocycles. The van der Waals surface area contributed by atoms with E-state index >= 15 is 0 Å². The Balaban J connectivity index is 2.04. The van der Waals surface area contributed by atoms with E-state index in [2.05, 4.69) is 11.9 Å². The summed E-state index contributed by atoms with van der Waals surface area (Å²) in [5.41, 5.74) is 0.384. The highest BCUT2D eigenvalue weighted by atomic mass is 35.5. The fourth-order valence-electron chi connectivity index (χ4n) is 2.60. The van der Waals surface area contributed by atoms with Gasteiger partial charge in [0.15, 0.2) is 9.84 Å². The number of sulfone groups is 1. The molecule has 8 heteroatoms. The summed E-state index contributed by atoms with van der Waals surface area (Å²) in [6.45, 7) is 4.45. The molecule has 1 aliphatic rings. The first kappa shape index (κ1) is 18.5. The van der Waals surface area contributed by atoms with Crippen molar-refractivity contribution >= 4 is 38.9 Å². The third-order valence-electron chi connectivity index (χ3n) is 3.95. The predicted molar refractivity (Wildman–Crippen MR) is 92.7 cm³/mol. The van der Waals surface area contributed by atoms with Crippen molar-refractivity contribution in [2.24, 2.45) is 5.92 Å². The van der Waals surface area contributed by atoms with Crippen LogP contribution in [0.25, 0.3) is 0 Å². The lowest BCUT2D eigenvalue weighted by Crippen LogP contribution is -2.40. The SMILES string of the molecule is C=CC(=O)N1CCC(C(=O)Nc2ccc(Cl)c(S(C)(=O)=O)c2)CC1. The molecule has 1 fully saturated rings. The maximum Gasteiger partial charge on any atom is 0.245 e. The molecule has 130 valence electrons. The normalized spacial score (nSPS) is 15.8. The summed E-state index contributed by atoms with van der Waals surface area (Å²) < 4.78 is 23.4. The van der Waals surface area contributed by atoms with E-state index in [-0.39, 0.29) is 27.7 Å². The smallest absolute Gasteiger partial charge is 0.245 e. The minimum absolute atomic E-state index is 0.0200. The first-order valence-corrected chi connectivity index (χ1v) is 9.71. The largest absolute Gasteiger partial charge is 0.339 e. The molecule has 1 aromatic rings. The predicted octanol–water partition coefficient (Wildman–Crippen LogP) is 2.11. The molecule has 1 N–H and O–H groups in total. The number of nitrogens with zero attached hydrogens (tertiary/aromatic N) is 1. The number of nitrogens with one attached hydrogen (secondary N) is 1. The van der Waals surface area contributed by atoms with Gasteiger partial charge in [0.1, 0.15) is 0 Å². The minimum atomic E-state index is -3.47. The van der Waals surface area contributed by atoms with Crippen molar-refractivity contribution in [1.29, 1.82) is 0 Å². The number of likely N-dealkylation sites (tertiary alicyclic amines) is 1. The summed E-state index contributed by atoms with van der Waals surface area (Å²) in [4.78, 5) is 25.5. The van der Waals surface area contributed by atoms with Gasteiger partial charge >= 0.3 is 0 Å². The molecule has 2 amide bonds. The maximum atomic E-state index is 12.3. The monoisotopic (exact) mass is 370 g/mol.